The monoisotopic (exact) mass is 235 g/mol. The molecule has 0 atom stereocenters. The van der Waals surface area contributed by atoms with Crippen molar-refractivity contribution in [1.29, 1.82) is 0 Å². The van der Waals surface area contributed by atoms with Crippen LogP contribution >= 0.6 is 0 Å². The van der Waals surface area contributed by atoms with E-state index in [-0.39, 0.29) is 5.57 Å². The van der Waals surface area contributed by atoms with Crippen molar-refractivity contribution in [2.24, 2.45) is 0 Å². The zero-order valence-corrected chi connectivity index (χ0v) is 10.1. The molecule has 0 unspecified atom stereocenters. The van der Waals surface area contributed by atoms with Crippen molar-refractivity contribution in [3.05, 3.63) is 29.3 Å². The Bertz CT molecular complexity index is 438. The topological polar surface area (TPSA) is 72.5 Å². The number of nitrogen functional groups attached to an aromatic ring is 1. The van der Waals surface area contributed by atoms with Gasteiger partial charge in [-0.15, -0.1) is 0 Å². The molecule has 0 bridgehead atoms. The molecule has 1 aromatic rings. The van der Waals surface area contributed by atoms with E-state index in [2.05, 4.69) is 0 Å². The van der Waals surface area contributed by atoms with Crippen LogP contribution in [0.3, 0.4) is 0 Å². The smallest absolute Gasteiger partial charge is 0.331 e. The van der Waals surface area contributed by atoms with Gasteiger partial charge in [0.1, 0.15) is 5.75 Å². The van der Waals surface area contributed by atoms with Gasteiger partial charge in [-0.25, -0.2) is 4.79 Å². The minimum Gasteiger partial charge on any atom is -0.493 e. The number of carbonyl (C=O) groups is 1. The van der Waals surface area contributed by atoms with Gasteiger partial charge in [0.25, 0.3) is 0 Å². The van der Waals surface area contributed by atoms with Gasteiger partial charge < -0.3 is 15.6 Å². The summed E-state index contributed by atoms with van der Waals surface area (Å²) in [7, 11) is 0. The zero-order chi connectivity index (χ0) is 12.8. The summed E-state index contributed by atoms with van der Waals surface area (Å²) >= 11 is 0. The highest BCUT2D eigenvalue weighted by atomic mass is 16.5. The van der Waals surface area contributed by atoms with E-state index < -0.39 is 5.97 Å². The maximum atomic E-state index is 10.8. The van der Waals surface area contributed by atoms with Gasteiger partial charge in [-0.1, -0.05) is 6.92 Å². The molecule has 0 fully saturated rings. The lowest BCUT2D eigenvalue weighted by Crippen LogP contribution is -2.00. The molecule has 1 rings (SSSR count). The molecule has 0 saturated carbocycles. The van der Waals surface area contributed by atoms with E-state index in [9.17, 15) is 4.79 Å². The summed E-state index contributed by atoms with van der Waals surface area (Å²) in [6.45, 7) is 4.14. The number of carboxylic acid groups (broad SMARTS) is 1. The number of nitrogens with two attached hydrogens (primary N) is 1. The normalized spacial score (nSPS) is 11.3. The standard InChI is InChI=1S/C13H17NO3/c1-3-6-17-12-5-4-11(14)8-10(12)7-9(2)13(15)16/h4-5,7-8H,3,6,14H2,1-2H3,(H,15,16). The van der Waals surface area contributed by atoms with E-state index in [1.807, 2.05) is 6.92 Å². The molecular formula is C13H17NO3. The first-order chi connectivity index (χ1) is 8.04. The summed E-state index contributed by atoms with van der Waals surface area (Å²) in [6, 6.07) is 5.20. The SMILES string of the molecule is CCCOc1ccc(N)cc1C=C(C)C(=O)O. The molecule has 1 aromatic carbocycles. The Labute approximate surface area is 101 Å². The van der Waals surface area contributed by atoms with E-state index in [1.165, 1.54) is 6.92 Å². The van der Waals surface area contributed by atoms with Crippen molar-refractivity contribution in [3.63, 3.8) is 0 Å². The molecule has 0 saturated heterocycles. The highest BCUT2D eigenvalue weighted by Gasteiger charge is 2.05. The number of hydrogen-bond donors (Lipinski definition) is 2. The van der Waals surface area contributed by atoms with Crippen molar-refractivity contribution < 1.29 is 14.6 Å². The Kier molecular flexibility index (Phi) is 4.57. The Morgan fingerprint density at radius 2 is 2.24 bits per heavy atom. The van der Waals surface area contributed by atoms with Crippen LogP contribution < -0.4 is 10.5 Å². The van der Waals surface area contributed by atoms with Gasteiger partial charge in [0.05, 0.1) is 6.61 Å². The lowest BCUT2D eigenvalue weighted by atomic mass is 10.1. The largest absolute Gasteiger partial charge is 0.493 e. The summed E-state index contributed by atoms with van der Waals surface area (Å²) < 4.78 is 5.53. The Morgan fingerprint density at radius 1 is 1.53 bits per heavy atom. The van der Waals surface area contributed by atoms with E-state index in [0.717, 1.165) is 6.42 Å². The first-order valence-corrected chi connectivity index (χ1v) is 5.48. The first-order valence-electron chi connectivity index (χ1n) is 5.48. The highest BCUT2D eigenvalue weighted by molar-refractivity contribution is 5.92. The van der Waals surface area contributed by atoms with Crippen LogP contribution in [0.25, 0.3) is 6.08 Å². The van der Waals surface area contributed by atoms with E-state index in [1.54, 1.807) is 24.3 Å². The number of anilines is 1. The predicted octanol–water partition coefficient (Wildman–Crippen LogP) is 2.55. The molecule has 92 valence electrons. The average Bonchev–Trinajstić information content (AvgIpc) is 2.28. The van der Waals surface area contributed by atoms with Gasteiger partial charge in [-0.05, 0) is 37.6 Å². The maximum absolute atomic E-state index is 10.8. The first kappa shape index (κ1) is 13.1. The Morgan fingerprint density at radius 3 is 2.82 bits per heavy atom. The summed E-state index contributed by atoms with van der Waals surface area (Å²) in [5.41, 5.74) is 7.20. The molecule has 0 spiro atoms. The van der Waals surface area contributed by atoms with Crippen LogP contribution in [0.15, 0.2) is 23.8 Å². The number of aliphatic carboxylic acids is 1. The number of hydrogen-bond acceptors (Lipinski definition) is 3. The third-order valence-electron chi connectivity index (χ3n) is 2.20. The zero-order valence-electron chi connectivity index (χ0n) is 10.1. The quantitative estimate of drug-likeness (QED) is 0.607. The van der Waals surface area contributed by atoms with Crippen LogP contribution in [0.5, 0.6) is 5.75 Å². The van der Waals surface area contributed by atoms with Gasteiger partial charge in [0.2, 0.25) is 0 Å². The molecule has 0 amide bonds. The van der Waals surface area contributed by atoms with Crippen LogP contribution in [-0.4, -0.2) is 17.7 Å². The fourth-order valence-corrected chi connectivity index (χ4v) is 1.32. The molecule has 0 radical (unpaired) electrons. The molecule has 3 N–H and O–H groups in total. The van der Waals surface area contributed by atoms with Gasteiger partial charge >= 0.3 is 5.97 Å². The second-order valence-electron chi connectivity index (χ2n) is 3.78. The van der Waals surface area contributed by atoms with Gasteiger partial charge in [0.15, 0.2) is 0 Å². The van der Waals surface area contributed by atoms with Crippen molar-refractivity contribution in [1.82, 2.24) is 0 Å². The second-order valence-corrected chi connectivity index (χ2v) is 3.78. The van der Waals surface area contributed by atoms with Gasteiger partial charge in [0, 0.05) is 16.8 Å². The van der Waals surface area contributed by atoms with E-state index >= 15 is 0 Å². The number of carboxylic acids is 1. The van der Waals surface area contributed by atoms with Crippen molar-refractivity contribution in [2.75, 3.05) is 12.3 Å². The Hall–Kier alpha value is -1.97. The van der Waals surface area contributed by atoms with Crippen molar-refractivity contribution >= 4 is 17.7 Å². The molecular weight excluding hydrogens is 218 g/mol. The van der Waals surface area contributed by atoms with Crippen LogP contribution in [0.1, 0.15) is 25.8 Å². The third-order valence-corrected chi connectivity index (χ3v) is 2.20. The molecule has 0 aliphatic rings. The summed E-state index contributed by atoms with van der Waals surface area (Å²) in [5.74, 6) is -0.296. The molecule has 4 nitrogen and oxygen atoms in total. The molecule has 0 aliphatic carbocycles. The number of benzene rings is 1. The molecule has 4 heteroatoms. The lowest BCUT2D eigenvalue weighted by molar-refractivity contribution is -0.132. The van der Waals surface area contributed by atoms with Crippen LogP contribution in [-0.2, 0) is 4.79 Å². The van der Waals surface area contributed by atoms with Crippen molar-refractivity contribution in [2.45, 2.75) is 20.3 Å². The van der Waals surface area contributed by atoms with Gasteiger partial charge in [-0.3, -0.25) is 0 Å². The van der Waals surface area contributed by atoms with Gasteiger partial charge in [-0.2, -0.15) is 0 Å². The number of rotatable bonds is 5. The summed E-state index contributed by atoms with van der Waals surface area (Å²) in [4.78, 5) is 10.8. The molecule has 0 aromatic heterocycles. The molecule has 0 aliphatic heterocycles. The van der Waals surface area contributed by atoms with E-state index in [4.69, 9.17) is 15.6 Å². The van der Waals surface area contributed by atoms with Crippen molar-refractivity contribution in [3.8, 4) is 5.75 Å². The Balaban J connectivity index is 3.06. The van der Waals surface area contributed by atoms with Crippen LogP contribution in [0.4, 0.5) is 5.69 Å². The average molecular weight is 235 g/mol. The molecule has 0 heterocycles. The lowest BCUT2D eigenvalue weighted by Gasteiger charge is -2.09. The van der Waals surface area contributed by atoms with Crippen LogP contribution in [0, 0.1) is 0 Å². The maximum Gasteiger partial charge on any atom is 0.331 e. The third kappa shape index (κ3) is 3.83. The predicted molar refractivity (Wildman–Crippen MR) is 67.9 cm³/mol. The summed E-state index contributed by atoms with van der Waals surface area (Å²) in [5, 5.41) is 8.84. The molecule has 17 heavy (non-hydrogen) atoms. The highest BCUT2D eigenvalue weighted by Crippen LogP contribution is 2.24. The second kappa shape index (κ2) is 5.94. The van der Waals surface area contributed by atoms with E-state index in [0.29, 0.717) is 23.6 Å². The summed E-state index contributed by atoms with van der Waals surface area (Å²) in [6.07, 6.45) is 2.45. The minimum atomic E-state index is -0.950. The fourth-order valence-electron chi connectivity index (χ4n) is 1.32. The minimum absolute atomic E-state index is 0.247. The number of ether oxygens (including phenoxy) is 1. The van der Waals surface area contributed by atoms with Crippen LogP contribution in [0.2, 0.25) is 0 Å². The fraction of sp³-hybridized carbons (Fsp3) is 0.308.